The third kappa shape index (κ3) is 4.22. The van der Waals surface area contributed by atoms with Gasteiger partial charge in [0.25, 0.3) is 0 Å². The first-order chi connectivity index (χ1) is 9.97. The molecular weight excluding hydrogens is 256 g/mol. The average molecular weight is 295 g/mol. The summed E-state index contributed by atoms with van der Waals surface area (Å²) in [6, 6.07) is 0.722. The Morgan fingerprint density at radius 2 is 1.76 bits per heavy atom. The summed E-state index contributed by atoms with van der Waals surface area (Å²) in [5.41, 5.74) is 6.59. The van der Waals surface area contributed by atoms with Crippen LogP contribution in [0.15, 0.2) is 0 Å². The van der Waals surface area contributed by atoms with Gasteiger partial charge >= 0.3 is 0 Å². The van der Waals surface area contributed by atoms with E-state index in [2.05, 4.69) is 32.7 Å². The molecule has 2 aliphatic rings. The van der Waals surface area contributed by atoms with E-state index in [1.807, 2.05) is 0 Å². The Bertz CT molecular complexity index is 307. The van der Waals surface area contributed by atoms with Gasteiger partial charge in [-0.3, -0.25) is 0 Å². The second-order valence-electron chi connectivity index (χ2n) is 8.51. The summed E-state index contributed by atoms with van der Waals surface area (Å²) in [5, 5.41) is 0. The summed E-state index contributed by atoms with van der Waals surface area (Å²) in [4.78, 5) is 2.69. The molecule has 0 bridgehead atoms. The van der Waals surface area contributed by atoms with Crippen LogP contribution in [0, 0.1) is 23.2 Å². The van der Waals surface area contributed by atoms with E-state index in [0.717, 1.165) is 30.3 Å². The van der Waals surface area contributed by atoms with Crippen LogP contribution in [0.3, 0.4) is 0 Å². The molecule has 0 spiro atoms. The van der Waals surface area contributed by atoms with E-state index < -0.39 is 0 Å². The molecule has 2 saturated carbocycles. The van der Waals surface area contributed by atoms with Gasteiger partial charge in [0, 0.05) is 12.6 Å². The Hall–Kier alpha value is -0.0800. The third-order valence-electron chi connectivity index (χ3n) is 6.86. The van der Waals surface area contributed by atoms with Gasteiger partial charge in [0.1, 0.15) is 0 Å². The Labute approximate surface area is 132 Å². The average Bonchev–Trinajstić information content (AvgIpc) is 2.99. The van der Waals surface area contributed by atoms with Crippen molar-refractivity contribution in [3.63, 3.8) is 0 Å². The van der Waals surface area contributed by atoms with Crippen molar-refractivity contribution >= 4 is 0 Å². The highest BCUT2D eigenvalue weighted by molar-refractivity contribution is 4.92. The van der Waals surface area contributed by atoms with E-state index >= 15 is 0 Å². The zero-order valence-electron chi connectivity index (χ0n) is 14.9. The third-order valence-corrected chi connectivity index (χ3v) is 6.86. The van der Waals surface area contributed by atoms with Crippen molar-refractivity contribution in [2.24, 2.45) is 28.9 Å². The minimum Gasteiger partial charge on any atom is -0.330 e. The lowest BCUT2D eigenvalue weighted by Gasteiger charge is -2.46. The normalized spacial score (nSPS) is 32.0. The Morgan fingerprint density at radius 1 is 1.10 bits per heavy atom. The molecule has 2 fully saturated rings. The molecule has 2 N–H and O–H groups in total. The molecule has 21 heavy (non-hydrogen) atoms. The summed E-state index contributed by atoms with van der Waals surface area (Å²) in [5.74, 6) is 2.55. The van der Waals surface area contributed by atoms with Gasteiger partial charge in [0.05, 0.1) is 0 Å². The second-order valence-corrected chi connectivity index (χ2v) is 8.51. The quantitative estimate of drug-likeness (QED) is 0.792. The zero-order chi connectivity index (χ0) is 15.5. The lowest BCUT2D eigenvalue weighted by molar-refractivity contribution is 0.0436. The molecule has 3 atom stereocenters. The van der Waals surface area contributed by atoms with Gasteiger partial charge in [0.2, 0.25) is 0 Å². The van der Waals surface area contributed by atoms with Crippen LogP contribution in [0.4, 0.5) is 0 Å². The standard InChI is InChI=1S/C19H38N2/c1-5-19(2,3)17-11-10-16(13-20)18(12-17)21(4)14-15-8-6-7-9-15/h15-18H,5-14,20H2,1-4H3. The summed E-state index contributed by atoms with van der Waals surface area (Å²) >= 11 is 0. The van der Waals surface area contributed by atoms with Crippen molar-refractivity contribution in [3.05, 3.63) is 0 Å². The highest BCUT2D eigenvalue weighted by Gasteiger charge is 2.38. The molecule has 0 heterocycles. The van der Waals surface area contributed by atoms with Crippen molar-refractivity contribution < 1.29 is 0 Å². The predicted octanol–water partition coefficient (Wildman–Crippen LogP) is 4.29. The SMILES string of the molecule is CCC(C)(C)C1CCC(CN)C(N(C)CC2CCCC2)C1. The molecule has 2 aliphatic carbocycles. The molecule has 0 aromatic carbocycles. The van der Waals surface area contributed by atoms with Crippen molar-refractivity contribution in [2.45, 2.75) is 78.2 Å². The fourth-order valence-corrected chi connectivity index (χ4v) is 4.76. The first kappa shape index (κ1) is 17.3. The minimum absolute atomic E-state index is 0.492. The first-order valence-electron chi connectivity index (χ1n) is 9.38. The van der Waals surface area contributed by atoms with E-state index in [-0.39, 0.29) is 0 Å². The zero-order valence-corrected chi connectivity index (χ0v) is 14.9. The molecule has 2 nitrogen and oxygen atoms in total. The first-order valence-corrected chi connectivity index (χ1v) is 9.38. The van der Waals surface area contributed by atoms with E-state index in [4.69, 9.17) is 5.73 Å². The molecule has 0 aromatic rings. The van der Waals surface area contributed by atoms with Crippen molar-refractivity contribution in [1.29, 1.82) is 0 Å². The van der Waals surface area contributed by atoms with Gasteiger partial charge in [-0.25, -0.2) is 0 Å². The molecule has 0 amide bonds. The lowest BCUT2D eigenvalue weighted by atomic mass is 9.65. The van der Waals surface area contributed by atoms with Crippen LogP contribution in [0.2, 0.25) is 0 Å². The van der Waals surface area contributed by atoms with E-state index in [1.54, 1.807) is 0 Å². The maximum Gasteiger partial charge on any atom is 0.0135 e. The van der Waals surface area contributed by atoms with Gasteiger partial charge in [-0.05, 0) is 68.9 Å². The number of hydrogen-bond donors (Lipinski definition) is 1. The molecule has 0 aliphatic heterocycles. The highest BCUT2D eigenvalue weighted by Crippen LogP contribution is 2.43. The van der Waals surface area contributed by atoms with Crippen LogP contribution in [0.1, 0.15) is 72.1 Å². The molecule has 0 radical (unpaired) electrons. The topological polar surface area (TPSA) is 29.3 Å². The number of nitrogens with zero attached hydrogens (tertiary/aromatic N) is 1. The molecule has 0 aromatic heterocycles. The maximum absolute atomic E-state index is 6.10. The van der Waals surface area contributed by atoms with Crippen molar-refractivity contribution in [1.82, 2.24) is 4.90 Å². The van der Waals surface area contributed by atoms with Crippen LogP contribution < -0.4 is 5.73 Å². The Morgan fingerprint density at radius 3 is 2.33 bits per heavy atom. The number of hydrogen-bond acceptors (Lipinski definition) is 2. The highest BCUT2D eigenvalue weighted by atomic mass is 15.1. The van der Waals surface area contributed by atoms with E-state index in [9.17, 15) is 0 Å². The second kappa shape index (κ2) is 7.46. The molecule has 3 unspecified atom stereocenters. The van der Waals surface area contributed by atoms with E-state index in [0.29, 0.717) is 5.41 Å². The summed E-state index contributed by atoms with van der Waals surface area (Å²) in [6.07, 6.45) is 11.2. The van der Waals surface area contributed by atoms with Crippen LogP contribution in [-0.4, -0.2) is 31.1 Å². The predicted molar refractivity (Wildman–Crippen MR) is 92.3 cm³/mol. The molecule has 124 valence electrons. The van der Waals surface area contributed by atoms with Crippen molar-refractivity contribution in [3.8, 4) is 0 Å². The van der Waals surface area contributed by atoms with Gasteiger partial charge in [-0.2, -0.15) is 0 Å². The summed E-state index contributed by atoms with van der Waals surface area (Å²) in [6.45, 7) is 9.47. The smallest absolute Gasteiger partial charge is 0.0135 e. The van der Waals surface area contributed by atoms with Crippen LogP contribution in [-0.2, 0) is 0 Å². The molecular formula is C19H38N2. The van der Waals surface area contributed by atoms with Crippen LogP contribution in [0.25, 0.3) is 0 Å². The summed E-state index contributed by atoms with van der Waals surface area (Å²) in [7, 11) is 2.37. The van der Waals surface area contributed by atoms with Gasteiger partial charge in [-0.15, -0.1) is 0 Å². The number of nitrogens with two attached hydrogens (primary N) is 1. The van der Waals surface area contributed by atoms with Crippen LogP contribution in [0.5, 0.6) is 0 Å². The van der Waals surface area contributed by atoms with Gasteiger partial charge < -0.3 is 10.6 Å². The number of rotatable bonds is 6. The molecule has 2 rings (SSSR count). The molecule has 2 heteroatoms. The monoisotopic (exact) mass is 294 g/mol. The lowest BCUT2D eigenvalue weighted by Crippen LogP contribution is -2.48. The van der Waals surface area contributed by atoms with Gasteiger partial charge in [-0.1, -0.05) is 40.0 Å². The largest absolute Gasteiger partial charge is 0.330 e. The van der Waals surface area contributed by atoms with Crippen LogP contribution >= 0.6 is 0 Å². The maximum atomic E-state index is 6.10. The minimum atomic E-state index is 0.492. The molecule has 0 saturated heterocycles. The Balaban J connectivity index is 1.98. The van der Waals surface area contributed by atoms with Crippen molar-refractivity contribution in [2.75, 3.05) is 20.1 Å². The summed E-state index contributed by atoms with van der Waals surface area (Å²) < 4.78 is 0. The fourth-order valence-electron chi connectivity index (χ4n) is 4.76. The van der Waals surface area contributed by atoms with Gasteiger partial charge in [0.15, 0.2) is 0 Å². The fraction of sp³-hybridized carbons (Fsp3) is 1.00. The van der Waals surface area contributed by atoms with E-state index in [1.165, 1.54) is 57.9 Å². The Kier molecular flexibility index (Phi) is 6.14.